The third kappa shape index (κ3) is 2.32. The first-order chi connectivity index (χ1) is 7.38. The Hall–Kier alpha value is -0.370. The van der Waals surface area contributed by atoms with E-state index < -0.39 is 0 Å². The minimum absolute atomic E-state index is 0.376. The van der Waals surface area contributed by atoms with E-state index in [-0.39, 0.29) is 0 Å². The Morgan fingerprint density at radius 1 is 1.25 bits per heavy atom. The molecule has 0 saturated carbocycles. The average Bonchev–Trinajstić information content (AvgIpc) is 2.41. The number of nitrogens with zero attached hydrogens (tertiary/aromatic N) is 1. The molecule has 3 unspecified atom stereocenters. The monoisotopic (exact) mass is 223 g/mol. The molecule has 0 radical (unpaired) electrons. The van der Waals surface area contributed by atoms with Crippen LogP contribution in [0.15, 0.2) is 0 Å². The van der Waals surface area contributed by atoms with Gasteiger partial charge in [0.25, 0.3) is 0 Å². The van der Waals surface area contributed by atoms with Crippen molar-refractivity contribution in [3.05, 3.63) is 0 Å². The number of carbonyl (C=O) groups is 1. The Kier molecular flexibility index (Phi) is 3.13. The van der Waals surface area contributed by atoms with Crippen LogP contribution in [0.25, 0.3) is 0 Å². The third-order valence-corrected chi connectivity index (χ3v) is 4.66. The van der Waals surface area contributed by atoms with Gasteiger partial charge in [0.05, 0.1) is 0 Å². The zero-order chi connectivity index (χ0) is 11.9. The number of fused-ring (bicyclic) bond motifs is 2. The van der Waals surface area contributed by atoms with Crippen molar-refractivity contribution in [3.8, 4) is 0 Å². The lowest BCUT2D eigenvalue weighted by Gasteiger charge is -2.39. The molecule has 3 atom stereocenters. The van der Waals surface area contributed by atoms with E-state index in [1.807, 2.05) is 0 Å². The summed E-state index contributed by atoms with van der Waals surface area (Å²) in [6, 6.07) is 1.13. The van der Waals surface area contributed by atoms with Crippen molar-refractivity contribution in [1.29, 1.82) is 0 Å². The molecule has 0 amide bonds. The predicted octanol–water partition coefficient (Wildman–Crippen LogP) is 2.86. The van der Waals surface area contributed by atoms with Crippen molar-refractivity contribution >= 4 is 5.78 Å². The first-order valence-electron chi connectivity index (χ1n) is 6.65. The second-order valence-corrected chi connectivity index (χ2v) is 6.80. The molecule has 2 heteroatoms. The van der Waals surface area contributed by atoms with Crippen molar-refractivity contribution in [2.24, 2.45) is 11.3 Å². The van der Waals surface area contributed by atoms with E-state index in [9.17, 15) is 4.79 Å². The minimum Gasteiger partial charge on any atom is -0.300 e. The van der Waals surface area contributed by atoms with Crippen LogP contribution in [0.2, 0.25) is 0 Å². The topological polar surface area (TPSA) is 20.3 Å². The Bertz CT molecular complexity index is 263. The Morgan fingerprint density at radius 2 is 1.75 bits per heavy atom. The lowest BCUT2D eigenvalue weighted by Crippen LogP contribution is -2.46. The SMILES string of the molecule is CC(CN1C2CCC1CC(=O)C2)C(C)(C)C. The lowest BCUT2D eigenvalue weighted by molar-refractivity contribution is -0.123. The molecule has 2 bridgehead atoms. The standard InChI is InChI=1S/C14H25NO/c1-10(14(2,3)4)9-15-11-5-6-12(15)8-13(16)7-11/h10-12H,5-9H2,1-4H3. The zero-order valence-electron chi connectivity index (χ0n) is 11.1. The maximum Gasteiger partial charge on any atom is 0.136 e. The summed E-state index contributed by atoms with van der Waals surface area (Å²) in [5.41, 5.74) is 0.376. The Balaban J connectivity index is 1.99. The maximum absolute atomic E-state index is 11.5. The number of Topliss-reactive ketones (excluding diaryl/α,β-unsaturated/α-hetero) is 1. The summed E-state index contributed by atoms with van der Waals surface area (Å²) in [7, 11) is 0. The van der Waals surface area contributed by atoms with Crippen LogP contribution >= 0.6 is 0 Å². The molecular formula is C14H25NO. The summed E-state index contributed by atoms with van der Waals surface area (Å²) < 4.78 is 0. The van der Waals surface area contributed by atoms with Gasteiger partial charge in [0.15, 0.2) is 0 Å². The molecule has 2 saturated heterocycles. The average molecular weight is 223 g/mol. The highest BCUT2D eigenvalue weighted by atomic mass is 16.1. The lowest BCUT2D eigenvalue weighted by atomic mass is 9.81. The van der Waals surface area contributed by atoms with Gasteiger partial charge in [-0.2, -0.15) is 0 Å². The van der Waals surface area contributed by atoms with Gasteiger partial charge in [0.1, 0.15) is 5.78 Å². The number of hydrogen-bond acceptors (Lipinski definition) is 2. The fourth-order valence-corrected chi connectivity index (χ4v) is 2.95. The van der Waals surface area contributed by atoms with Crippen molar-refractivity contribution in [2.45, 2.75) is 65.5 Å². The van der Waals surface area contributed by atoms with Crippen LogP contribution in [0.3, 0.4) is 0 Å². The minimum atomic E-state index is 0.376. The highest BCUT2D eigenvalue weighted by molar-refractivity contribution is 5.80. The first-order valence-corrected chi connectivity index (χ1v) is 6.65. The van der Waals surface area contributed by atoms with Gasteiger partial charge >= 0.3 is 0 Å². The molecule has 2 rings (SSSR count). The summed E-state index contributed by atoms with van der Waals surface area (Å²) >= 11 is 0. The van der Waals surface area contributed by atoms with Gasteiger partial charge in [-0.05, 0) is 24.2 Å². The van der Waals surface area contributed by atoms with Crippen LogP contribution in [0, 0.1) is 11.3 Å². The summed E-state index contributed by atoms with van der Waals surface area (Å²) in [6.07, 6.45) is 4.11. The number of ketones is 1. The Morgan fingerprint density at radius 3 is 2.19 bits per heavy atom. The van der Waals surface area contributed by atoms with Crippen LogP contribution in [0.5, 0.6) is 0 Å². The molecule has 0 aromatic rings. The summed E-state index contributed by atoms with van der Waals surface area (Å²) in [6.45, 7) is 10.5. The van der Waals surface area contributed by atoms with Gasteiger partial charge in [0.2, 0.25) is 0 Å². The summed E-state index contributed by atoms with van der Waals surface area (Å²) in [4.78, 5) is 14.1. The molecule has 92 valence electrons. The van der Waals surface area contributed by atoms with Crippen LogP contribution in [-0.4, -0.2) is 29.3 Å². The fourth-order valence-electron chi connectivity index (χ4n) is 2.95. The first kappa shape index (κ1) is 12.1. The smallest absolute Gasteiger partial charge is 0.136 e. The van der Waals surface area contributed by atoms with Gasteiger partial charge < -0.3 is 0 Å². The van der Waals surface area contributed by atoms with Crippen molar-refractivity contribution in [3.63, 3.8) is 0 Å². The van der Waals surface area contributed by atoms with E-state index in [0.29, 0.717) is 29.2 Å². The van der Waals surface area contributed by atoms with E-state index in [4.69, 9.17) is 0 Å². The molecule has 2 aliphatic rings. The predicted molar refractivity (Wildman–Crippen MR) is 66.4 cm³/mol. The molecule has 0 aliphatic carbocycles. The highest BCUT2D eigenvalue weighted by Gasteiger charge is 2.41. The van der Waals surface area contributed by atoms with Crippen LogP contribution in [0.4, 0.5) is 0 Å². The maximum atomic E-state index is 11.5. The van der Waals surface area contributed by atoms with E-state index in [0.717, 1.165) is 12.8 Å². The molecule has 0 spiro atoms. The zero-order valence-corrected chi connectivity index (χ0v) is 11.1. The molecule has 0 aromatic heterocycles. The third-order valence-electron chi connectivity index (χ3n) is 4.66. The number of hydrogen-bond donors (Lipinski definition) is 0. The molecule has 2 fully saturated rings. The number of rotatable bonds is 2. The second-order valence-electron chi connectivity index (χ2n) is 6.80. The number of piperidine rings is 1. The largest absolute Gasteiger partial charge is 0.300 e. The van der Waals surface area contributed by atoms with Gasteiger partial charge in [0, 0.05) is 31.5 Å². The van der Waals surface area contributed by atoms with E-state index in [1.54, 1.807) is 0 Å². The van der Waals surface area contributed by atoms with Crippen molar-refractivity contribution in [1.82, 2.24) is 4.90 Å². The van der Waals surface area contributed by atoms with Crippen LogP contribution in [-0.2, 0) is 4.79 Å². The highest BCUT2D eigenvalue weighted by Crippen LogP contribution is 2.36. The van der Waals surface area contributed by atoms with Crippen LogP contribution in [0.1, 0.15) is 53.4 Å². The summed E-state index contributed by atoms with van der Waals surface area (Å²) in [5.74, 6) is 1.19. The fraction of sp³-hybridized carbons (Fsp3) is 0.929. The molecule has 0 aromatic carbocycles. The molecule has 2 aliphatic heterocycles. The van der Waals surface area contributed by atoms with Crippen molar-refractivity contribution in [2.75, 3.05) is 6.54 Å². The van der Waals surface area contributed by atoms with Crippen molar-refractivity contribution < 1.29 is 4.79 Å². The second kappa shape index (κ2) is 4.14. The normalized spacial score (nSPS) is 33.1. The van der Waals surface area contributed by atoms with Gasteiger partial charge in [-0.25, -0.2) is 0 Å². The molecule has 16 heavy (non-hydrogen) atoms. The van der Waals surface area contributed by atoms with E-state index in [2.05, 4.69) is 32.6 Å². The Labute approximate surface area is 99.4 Å². The quantitative estimate of drug-likeness (QED) is 0.717. The van der Waals surface area contributed by atoms with Crippen LogP contribution < -0.4 is 0 Å². The molecule has 2 heterocycles. The van der Waals surface area contributed by atoms with E-state index >= 15 is 0 Å². The van der Waals surface area contributed by atoms with Gasteiger partial charge in [-0.15, -0.1) is 0 Å². The summed E-state index contributed by atoms with van der Waals surface area (Å²) in [5, 5.41) is 0. The van der Waals surface area contributed by atoms with Gasteiger partial charge in [-0.1, -0.05) is 27.7 Å². The molecular weight excluding hydrogens is 198 g/mol. The van der Waals surface area contributed by atoms with Gasteiger partial charge in [-0.3, -0.25) is 9.69 Å². The number of carbonyl (C=O) groups excluding carboxylic acids is 1. The molecule has 0 N–H and O–H groups in total. The van der Waals surface area contributed by atoms with E-state index in [1.165, 1.54) is 19.4 Å². The molecule has 2 nitrogen and oxygen atoms in total.